The molecule has 7 atom stereocenters. The minimum Gasteiger partial charge on any atom is -0.393 e. The number of hydrogen-bond acceptors (Lipinski definition) is 3. The largest absolute Gasteiger partial charge is 0.393 e. The van der Waals surface area contributed by atoms with Crippen LogP contribution in [-0.4, -0.2) is 22.8 Å². The molecule has 3 saturated carbocycles. The molecule has 0 amide bonds. The summed E-state index contributed by atoms with van der Waals surface area (Å²) in [5.41, 5.74) is 0.615. The first kappa shape index (κ1) is 14.4. The third-order valence-corrected chi connectivity index (χ3v) is 7.26. The summed E-state index contributed by atoms with van der Waals surface area (Å²) >= 11 is 0. The first-order chi connectivity index (χ1) is 10.3. The van der Waals surface area contributed by atoms with Gasteiger partial charge in [-0.1, -0.05) is 32.4 Å². The monoisotopic (exact) mass is 300 g/mol. The highest BCUT2D eigenvalue weighted by atomic mass is 16.3. The number of allylic oxidation sites excluding steroid dienone is 4. The molecule has 3 fully saturated rings. The number of carbonyl (C=O) groups excluding carboxylic acids is 2. The Labute approximate surface area is 131 Å². The highest BCUT2D eigenvalue weighted by molar-refractivity contribution is 6.01. The molecule has 118 valence electrons. The summed E-state index contributed by atoms with van der Waals surface area (Å²) in [6.07, 6.45) is 7.45. The molecular formula is C19H24O3. The van der Waals surface area contributed by atoms with E-state index in [9.17, 15) is 14.7 Å². The summed E-state index contributed by atoms with van der Waals surface area (Å²) in [6, 6.07) is 0. The van der Waals surface area contributed by atoms with Crippen LogP contribution in [0.2, 0.25) is 0 Å². The maximum absolute atomic E-state index is 12.4. The van der Waals surface area contributed by atoms with E-state index in [1.54, 1.807) is 12.2 Å². The van der Waals surface area contributed by atoms with Crippen LogP contribution in [0.15, 0.2) is 23.8 Å². The van der Waals surface area contributed by atoms with Gasteiger partial charge in [0.15, 0.2) is 5.78 Å². The first-order valence-corrected chi connectivity index (χ1v) is 8.45. The normalized spacial score (nSPS) is 53.1. The van der Waals surface area contributed by atoms with Gasteiger partial charge in [0.1, 0.15) is 5.78 Å². The Morgan fingerprint density at radius 3 is 2.68 bits per heavy atom. The second kappa shape index (κ2) is 4.19. The van der Waals surface area contributed by atoms with E-state index in [2.05, 4.69) is 13.8 Å². The number of fused-ring (bicyclic) bond motifs is 5. The van der Waals surface area contributed by atoms with Crippen LogP contribution in [0.5, 0.6) is 0 Å². The second-order valence-corrected chi connectivity index (χ2v) is 8.28. The molecule has 4 rings (SSSR count). The van der Waals surface area contributed by atoms with Crippen molar-refractivity contribution in [1.29, 1.82) is 0 Å². The number of aliphatic hydroxyl groups is 1. The fourth-order valence-electron chi connectivity index (χ4n) is 6.38. The zero-order valence-corrected chi connectivity index (χ0v) is 13.5. The molecule has 0 bridgehead atoms. The number of aliphatic hydroxyl groups excluding tert-OH is 1. The van der Waals surface area contributed by atoms with Gasteiger partial charge in [-0.25, -0.2) is 0 Å². The number of carbonyl (C=O) groups is 2. The van der Waals surface area contributed by atoms with Gasteiger partial charge >= 0.3 is 0 Å². The Balaban J connectivity index is 1.77. The predicted molar refractivity (Wildman–Crippen MR) is 82.9 cm³/mol. The summed E-state index contributed by atoms with van der Waals surface area (Å²) in [6.45, 7) is 6.26. The van der Waals surface area contributed by atoms with E-state index in [1.807, 2.05) is 13.0 Å². The molecule has 3 heteroatoms. The Hall–Kier alpha value is -1.22. The van der Waals surface area contributed by atoms with Crippen molar-refractivity contribution in [2.24, 2.45) is 34.5 Å². The summed E-state index contributed by atoms with van der Waals surface area (Å²) < 4.78 is 0. The third-order valence-electron chi connectivity index (χ3n) is 7.26. The van der Waals surface area contributed by atoms with E-state index >= 15 is 0 Å². The van der Waals surface area contributed by atoms with Gasteiger partial charge in [0.2, 0.25) is 0 Å². The zero-order valence-electron chi connectivity index (χ0n) is 13.5. The third kappa shape index (κ3) is 1.51. The SMILES string of the molecule is CC1C(=O)[C@@]2(C)CC(O)C3C(CCC4=CC(=O)C=C[C@@]43C)C12. The number of ketones is 2. The molecule has 4 aliphatic rings. The van der Waals surface area contributed by atoms with E-state index in [-0.39, 0.29) is 28.4 Å². The lowest BCUT2D eigenvalue weighted by Gasteiger charge is -2.65. The fraction of sp³-hybridized carbons (Fsp3) is 0.684. The Bertz CT molecular complexity index is 631. The standard InChI is InChI=1S/C19H24O3/c1-10-15-13-5-4-11-8-12(20)6-7-18(11,2)16(13)14(21)9-19(15,3)17(10)22/h6-8,10,13-16,21H,4-5,9H2,1-3H3/t10?,13?,14?,15?,16?,18-,19-/m0/s1. The zero-order chi connectivity index (χ0) is 15.9. The van der Waals surface area contributed by atoms with Crippen LogP contribution in [0, 0.1) is 34.5 Å². The topological polar surface area (TPSA) is 54.4 Å². The van der Waals surface area contributed by atoms with Crippen molar-refractivity contribution in [3.05, 3.63) is 23.8 Å². The summed E-state index contributed by atoms with van der Waals surface area (Å²) in [5.74, 6) is 1.40. The van der Waals surface area contributed by atoms with Gasteiger partial charge in [0, 0.05) is 22.7 Å². The van der Waals surface area contributed by atoms with Crippen LogP contribution >= 0.6 is 0 Å². The summed E-state index contributed by atoms with van der Waals surface area (Å²) in [4.78, 5) is 24.1. The highest BCUT2D eigenvalue weighted by Gasteiger charge is 2.67. The summed E-state index contributed by atoms with van der Waals surface area (Å²) in [5, 5.41) is 10.9. The Morgan fingerprint density at radius 2 is 1.95 bits per heavy atom. The van der Waals surface area contributed by atoms with E-state index in [4.69, 9.17) is 0 Å². The molecule has 4 aliphatic carbocycles. The summed E-state index contributed by atoms with van der Waals surface area (Å²) in [7, 11) is 0. The van der Waals surface area contributed by atoms with Crippen molar-refractivity contribution in [3.63, 3.8) is 0 Å². The molecule has 0 aromatic heterocycles. The minimum absolute atomic E-state index is 0.0632. The molecule has 22 heavy (non-hydrogen) atoms. The average Bonchev–Trinajstić information content (AvgIpc) is 2.46. The van der Waals surface area contributed by atoms with Gasteiger partial charge in [0.25, 0.3) is 0 Å². The lowest BCUT2D eigenvalue weighted by molar-refractivity contribution is -0.192. The predicted octanol–water partition coefficient (Wildman–Crippen LogP) is 2.69. The quantitative estimate of drug-likeness (QED) is 0.748. The molecule has 0 aromatic rings. The molecule has 0 radical (unpaired) electrons. The number of Topliss-reactive ketones (excluding diaryl/α,β-unsaturated/α-hetero) is 1. The van der Waals surface area contributed by atoms with Crippen molar-refractivity contribution >= 4 is 11.6 Å². The van der Waals surface area contributed by atoms with Crippen LogP contribution < -0.4 is 0 Å². The number of rotatable bonds is 0. The van der Waals surface area contributed by atoms with E-state index in [0.29, 0.717) is 24.0 Å². The Morgan fingerprint density at radius 1 is 1.23 bits per heavy atom. The van der Waals surface area contributed by atoms with Crippen molar-refractivity contribution in [2.75, 3.05) is 0 Å². The van der Waals surface area contributed by atoms with Gasteiger partial charge in [-0.2, -0.15) is 0 Å². The minimum atomic E-state index is -0.464. The average molecular weight is 300 g/mol. The molecule has 0 aromatic carbocycles. The van der Waals surface area contributed by atoms with Crippen molar-refractivity contribution < 1.29 is 14.7 Å². The molecule has 0 aliphatic heterocycles. The van der Waals surface area contributed by atoms with Crippen LogP contribution in [0.4, 0.5) is 0 Å². The van der Waals surface area contributed by atoms with E-state index in [1.165, 1.54) is 5.57 Å². The van der Waals surface area contributed by atoms with Crippen molar-refractivity contribution in [3.8, 4) is 0 Å². The highest BCUT2D eigenvalue weighted by Crippen LogP contribution is 2.66. The van der Waals surface area contributed by atoms with Gasteiger partial charge < -0.3 is 5.11 Å². The Kier molecular flexibility index (Phi) is 2.74. The van der Waals surface area contributed by atoms with Crippen LogP contribution in [0.25, 0.3) is 0 Å². The smallest absolute Gasteiger partial charge is 0.178 e. The molecule has 0 saturated heterocycles. The van der Waals surface area contributed by atoms with Crippen LogP contribution in [-0.2, 0) is 9.59 Å². The van der Waals surface area contributed by atoms with E-state index in [0.717, 1.165) is 12.8 Å². The lowest BCUT2D eigenvalue weighted by atomic mass is 9.38. The van der Waals surface area contributed by atoms with Gasteiger partial charge in [0.05, 0.1) is 6.10 Å². The molecule has 0 spiro atoms. The lowest BCUT2D eigenvalue weighted by Crippen LogP contribution is -2.67. The molecule has 5 unspecified atom stereocenters. The number of hydrogen-bond donors (Lipinski definition) is 1. The van der Waals surface area contributed by atoms with Crippen molar-refractivity contribution in [2.45, 2.75) is 46.1 Å². The van der Waals surface area contributed by atoms with Gasteiger partial charge in [-0.05, 0) is 43.3 Å². The molecule has 3 nitrogen and oxygen atoms in total. The maximum Gasteiger partial charge on any atom is 0.178 e. The van der Waals surface area contributed by atoms with Crippen LogP contribution in [0.1, 0.15) is 40.0 Å². The first-order valence-electron chi connectivity index (χ1n) is 8.45. The molecule has 0 heterocycles. The van der Waals surface area contributed by atoms with Gasteiger partial charge in [-0.3, -0.25) is 9.59 Å². The van der Waals surface area contributed by atoms with Gasteiger partial charge in [-0.15, -0.1) is 0 Å². The van der Waals surface area contributed by atoms with Crippen LogP contribution in [0.3, 0.4) is 0 Å². The second-order valence-electron chi connectivity index (χ2n) is 8.28. The van der Waals surface area contributed by atoms with E-state index < -0.39 is 6.10 Å². The molecule has 1 N–H and O–H groups in total. The van der Waals surface area contributed by atoms with Crippen molar-refractivity contribution in [1.82, 2.24) is 0 Å². The molecular weight excluding hydrogens is 276 g/mol. The maximum atomic E-state index is 12.4. The fourth-order valence-corrected chi connectivity index (χ4v) is 6.38.